The average molecular weight is 405 g/mol. The van der Waals surface area contributed by atoms with Crippen LogP contribution in [0.15, 0.2) is 35.3 Å². The molecule has 0 radical (unpaired) electrons. The molecule has 0 saturated heterocycles. The van der Waals surface area contributed by atoms with E-state index >= 15 is 0 Å². The molecule has 3 N–H and O–H groups in total. The first-order valence-corrected chi connectivity index (χ1v) is 8.50. The summed E-state index contributed by atoms with van der Waals surface area (Å²) >= 11 is 0. The number of aliphatic hydroxyl groups excluding tert-OH is 2. The van der Waals surface area contributed by atoms with E-state index in [2.05, 4.69) is 9.52 Å². The van der Waals surface area contributed by atoms with Gasteiger partial charge in [-0.2, -0.15) is 0 Å². The molecule has 2 unspecified atom stereocenters. The van der Waals surface area contributed by atoms with Gasteiger partial charge in [-0.1, -0.05) is 30.3 Å². The first-order chi connectivity index (χ1) is 11.2. The van der Waals surface area contributed by atoms with E-state index in [0.717, 1.165) is 5.56 Å². The summed E-state index contributed by atoms with van der Waals surface area (Å²) in [5.41, 5.74) is 0.783. The third kappa shape index (κ3) is 12.7. The third-order valence-corrected chi connectivity index (χ3v) is 3.43. The minimum atomic E-state index is -5.08. The van der Waals surface area contributed by atoms with E-state index in [1.165, 1.54) is 0 Å². The van der Waals surface area contributed by atoms with Gasteiger partial charge in [-0.25, -0.2) is 0 Å². The fourth-order valence-corrected chi connectivity index (χ4v) is 2.04. The second-order valence-corrected chi connectivity index (χ2v) is 6.14. The van der Waals surface area contributed by atoms with Crippen molar-refractivity contribution in [3.63, 3.8) is 0 Å². The van der Waals surface area contributed by atoms with Crippen LogP contribution in [0.1, 0.15) is 12.0 Å². The number of nitrogens with zero attached hydrogens (tertiary/aromatic N) is 1. The smallest absolute Gasteiger partial charge is 0.862 e. The van der Waals surface area contributed by atoms with Crippen LogP contribution in [0.4, 0.5) is 0 Å². The van der Waals surface area contributed by atoms with Gasteiger partial charge in [-0.3, -0.25) is 9.36 Å². The third-order valence-electron chi connectivity index (χ3n) is 2.98. The second kappa shape index (κ2) is 14.4. The molecule has 26 heavy (non-hydrogen) atoms. The molecule has 1 aromatic carbocycles. The van der Waals surface area contributed by atoms with Crippen LogP contribution in [0.25, 0.3) is 0 Å². The number of aliphatic imine (C=N–C) groups is 1. The Labute approximate surface area is 195 Å². The molecule has 0 aromatic heterocycles. The molecule has 0 aliphatic heterocycles. The molecule has 12 heteroatoms. The second-order valence-electron chi connectivity index (χ2n) is 4.95. The Bertz CT molecular complexity index is 610. The van der Waals surface area contributed by atoms with Crippen molar-refractivity contribution in [2.75, 3.05) is 13.2 Å². The number of rotatable bonds is 10. The molecule has 3 atom stereocenters. The van der Waals surface area contributed by atoms with E-state index in [-0.39, 0.29) is 78.5 Å². The molecule has 1 rings (SSSR count). The largest absolute Gasteiger partial charge is 1.00 e. The van der Waals surface area contributed by atoms with Gasteiger partial charge in [0.15, 0.2) is 5.78 Å². The van der Waals surface area contributed by atoms with Gasteiger partial charge in [0, 0.05) is 13.0 Å². The van der Waals surface area contributed by atoms with Gasteiger partial charge in [0.25, 0.3) is 7.82 Å². The molecule has 0 amide bonds. The summed E-state index contributed by atoms with van der Waals surface area (Å²) in [5, 5.41) is 30.7. The van der Waals surface area contributed by atoms with E-state index in [1.807, 2.05) is 6.07 Å². The Hall–Kier alpha value is 0.390. The summed E-state index contributed by atoms with van der Waals surface area (Å²) in [6, 6.07) is 8.90. The van der Waals surface area contributed by atoms with Crippen molar-refractivity contribution in [1.29, 1.82) is 0 Å². The van der Waals surface area contributed by atoms with E-state index in [9.17, 15) is 29.6 Å². The van der Waals surface area contributed by atoms with Crippen LogP contribution >= 0.6 is 7.82 Å². The number of phosphoric ester groups is 1. The van der Waals surface area contributed by atoms with E-state index in [0.29, 0.717) is 0 Å². The molecule has 1 aromatic rings. The van der Waals surface area contributed by atoms with E-state index < -0.39 is 38.3 Å². The number of aliphatic hydroxyl groups is 2. The van der Waals surface area contributed by atoms with Gasteiger partial charge in [0.1, 0.15) is 12.7 Å². The zero-order chi connectivity index (χ0) is 18.2. The van der Waals surface area contributed by atoms with Crippen molar-refractivity contribution in [2.45, 2.75) is 25.0 Å². The standard InChI is InChI=1S/C14H20NO8P.2Na/c16-11(14(19)12(17)9-23-24(20,21)22)6-7-15-13(18)8-10-4-2-1-3-5-10;;/h1-5,11,14,16,19H,6-9H2,(H,15,18)(H2,20,21,22);;/q;2*+1/p-2/t11?,14-;;/m0../s1. The van der Waals surface area contributed by atoms with E-state index in [1.54, 1.807) is 24.3 Å². The quantitative estimate of drug-likeness (QED) is 0.150. The minimum Gasteiger partial charge on any atom is -0.862 e. The van der Waals surface area contributed by atoms with Crippen molar-refractivity contribution in [1.82, 2.24) is 0 Å². The first kappa shape index (κ1) is 28.6. The molecule has 0 aliphatic rings. The maximum absolute atomic E-state index is 11.6. The molecule has 0 aliphatic carbocycles. The van der Waals surface area contributed by atoms with Crippen molar-refractivity contribution in [2.24, 2.45) is 4.99 Å². The van der Waals surface area contributed by atoms with Crippen molar-refractivity contribution < 1.29 is 98.1 Å². The van der Waals surface area contributed by atoms with E-state index in [4.69, 9.17) is 4.89 Å². The van der Waals surface area contributed by atoms with Crippen LogP contribution in [-0.4, -0.2) is 52.1 Å². The number of hydrogen-bond donors (Lipinski definition) is 3. The molecular formula is C14H18NNa2O8P. The molecule has 0 heterocycles. The predicted octanol–water partition coefficient (Wildman–Crippen LogP) is -7.85. The number of benzene rings is 1. The van der Waals surface area contributed by atoms with Crippen LogP contribution < -0.4 is 69.1 Å². The Morgan fingerprint density at radius 3 is 2.35 bits per heavy atom. The molecule has 9 nitrogen and oxygen atoms in total. The van der Waals surface area contributed by atoms with Crippen LogP contribution in [0.5, 0.6) is 0 Å². The maximum Gasteiger partial charge on any atom is 1.00 e. The Balaban J connectivity index is 0. The average Bonchev–Trinajstić information content (AvgIpc) is 2.52. The number of carbonyl (C=O) groups excluding carboxylic acids is 1. The topological polar surface area (TPSA) is 163 Å². The molecule has 0 fully saturated rings. The molecule has 134 valence electrons. The predicted molar refractivity (Wildman–Crippen MR) is 79.9 cm³/mol. The molecule has 0 bridgehead atoms. The van der Waals surface area contributed by atoms with Crippen LogP contribution in [0, 0.1) is 0 Å². The summed E-state index contributed by atoms with van der Waals surface area (Å²) in [5.74, 6) is -1.53. The zero-order valence-corrected chi connectivity index (χ0v) is 19.5. The normalized spacial score (nSPS) is 15.8. The van der Waals surface area contributed by atoms with Crippen molar-refractivity contribution in [3.05, 3.63) is 35.9 Å². The zero-order valence-electron chi connectivity index (χ0n) is 14.6. The fraction of sp³-hybridized carbons (Fsp3) is 0.429. The molecule has 0 saturated carbocycles. The van der Waals surface area contributed by atoms with Crippen LogP contribution in [-0.2, 0) is 20.3 Å². The minimum absolute atomic E-state index is 0. The summed E-state index contributed by atoms with van der Waals surface area (Å²) in [4.78, 5) is 33.7. The van der Waals surface area contributed by atoms with Gasteiger partial charge in [-0.05, 0) is 17.9 Å². The van der Waals surface area contributed by atoms with Crippen LogP contribution in [0.2, 0.25) is 0 Å². The molecular weight excluding hydrogens is 387 g/mol. The van der Waals surface area contributed by atoms with Crippen molar-refractivity contribution >= 4 is 19.5 Å². The summed E-state index contributed by atoms with van der Waals surface area (Å²) in [6.45, 7) is -1.21. The van der Waals surface area contributed by atoms with Gasteiger partial charge in [0.2, 0.25) is 0 Å². The number of Topliss-reactive ketones (excluding diaryl/α,β-unsaturated/α-hetero) is 1. The number of carbonyl (C=O) groups is 1. The number of phosphoric acid groups is 1. The first-order valence-electron chi connectivity index (χ1n) is 7.00. The van der Waals surface area contributed by atoms with Gasteiger partial charge in [0.05, 0.1) is 6.10 Å². The van der Waals surface area contributed by atoms with Crippen molar-refractivity contribution in [3.8, 4) is 0 Å². The fourth-order valence-electron chi connectivity index (χ4n) is 1.75. The summed E-state index contributed by atoms with van der Waals surface area (Å²) in [7, 11) is -5.08. The maximum atomic E-state index is 11.6. The van der Waals surface area contributed by atoms with Gasteiger partial charge >= 0.3 is 59.1 Å². The Kier molecular flexibility index (Phi) is 15.8. The van der Waals surface area contributed by atoms with Crippen LogP contribution in [0.3, 0.4) is 0 Å². The summed E-state index contributed by atoms with van der Waals surface area (Å²) < 4.78 is 14.2. The Morgan fingerprint density at radius 1 is 1.23 bits per heavy atom. The van der Waals surface area contributed by atoms with Gasteiger partial charge < -0.3 is 34.6 Å². The van der Waals surface area contributed by atoms with Gasteiger partial charge in [-0.15, -0.1) is 0 Å². The number of hydrogen-bond acceptors (Lipinski definition) is 8. The Morgan fingerprint density at radius 2 is 1.81 bits per heavy atom. The molecule has 0 spiro atoms. The monoisotopic (exact) mass is 405 g/mol. The summed E-state index contributed by atoms with van der Waals surface area (Å²) in [6.07, 6.45) is -3.53. The SMILES string of the molecule is O=C(COP(=O)([O-])O)[C@@H](O)C(O)CCN=C([O-])Cc1ccccc1.[Na+].[Na+]. The number of ketones is 1.